The Kier molecular flexibility index (Phi) is 14.2. The number of carboxylic acid groups (broad SMARTS) is 2. The summed E-state index contributed by atoms with van der Waals surface area (Å²) in [5.74, 6) is -3.90. The second kappa shape index (κ2) is 17.1. The number of hydrogen-bond donors (Lipinski definition) is 3. The average Bonchev–Trinajstić information content (AvgIpc) is 3.26. The summed E-state index contributed by atoms with van der Waals surface area (Å²) in [4.78, 5) is 76.2. The molecule has 2 rings (SSSR count). The van der Waals surface area contributed by atoms with Gasteiger partial charge >= 0.3 is 17.9 Å². The van der Waals surface area contributed by atoms with E-state index in [4.69, 9.17) is 9.57 Å². The normalized spacial score (nSPS) is 13.6. The molecule has 0 saturated carbocycles. The number of nitrogens with zero attached hydrogens (tertiary/aromatic N) is 1. The number of hydrogen-bond acceptors (Lipinski definition) is 8. The average molecular weight is 647 g/mol. The molecular formula is C34H50N2O10. The minimum Gasteiger partial charge on any atom is -0.493 e. The third-order valence-corrected chi connectivity index (χ3v) is 7.62. The van der Waals surface area contributed by atoms with E-state index in [-0.39, 0.29) is 41.9 Å². The Hall–Kier alpha value is -3.96. The molecule has 0 aliphatic carbocycles. The van der Waals surface area contributed by atoms with Crippen molar-refractivity contribution in [1.82, 2.24) is 10.4 Å². The van der Waals surface area contributed by atoms with E-state index < -0.39 is 40.6 Å². The van der Waals surface area contributed by atoms with Gasteiger partial charge in [-0.25, -0.2) is 14.4 Å². The van der Waals surface area contributed by atoms with E-state index in [2.05, 4.69) is 5.32 Å². The fraction of sp³-hybridized carbons (Fsp3) is 0.647. The van der Waals surface area contributed by atoms with Gasteiger partial charge in [-0.2, -0.15) is 0 Å². The number of imide groups is 1. The summed E-state index contributed by atoms with van der Waals surface area (Å²) in [6.07, 6.45) is 6.99. The number of unbranched alkanes of at least 4 members (excludes halogenated alkanes) is 6. The Morgan fingerprint density at radius 3 is 1.83 bits per heavy atom. The summed E-state index contributed by atoms with van der Waals surface area (Å²) in [5, 5.41) is 23.4. The van der Waals surface area contributed by atoms with Crippen molar-refractivity contribution in [3.05, 3.63) is 28.3 Å². The Morgan fingerprint density at radius 1 is 0.761 bits per heavy atom. The number of rotatable bonds is 18. The van der Waals surface area contributed by atoms with E-state index in [1.165, 1.54) is 6.07 Å². The molecule has 12 heteroatoms. The molecule has 1 heterocycles. The molecule has 46 heavy (non-hydrogen) atoms. The highest BCUT2D eigenvalue weighted by Crippen LogP contribution is 2.42. The predicted octanol–water partition coefficient (Wildman–Crippen LogP) is 5.68. The minimum atomic E-state index is -1.19. The maximum atomic E-state index is 12.5. The molecule has 1 fully saturated rings. The van der Waals surface area contributed by atoms with E-state index in [9.17, 15) is 39.0 Å². The fourth-order valence-electron chi connectivity index (χ4n) is 5.49. The van der Waals surface area contributed by atoms with Gasteiger partial charge in [0.05, 0.1) is 17.7 Å². The number of nitrogens with one attached hydrogen (secondary N) is 1. The van der Waals surface area contributed by atoms with Crippen LogP contribution in [0.5, 0.6) is 5.75 Å². The van der Waals surface area contributed by atoms with Crippen LogP contribution >= 0.6 is 0 Å². The predicted molar refractivity (Wildman–Crippen MR) is 170 cm³/mol. The van der Waals surface area contributed by atoms with Crippen molar-refractivity contribution in [2.24, 2.45) is 0 Å². The van der Waals surface area contributed by atoms with Crippen LogP contribution in [0.4, 0.5) is 0 Å². The summed E-state index contributed by atoms with van der Waals surface area (Å²) in [7, 11) is 0. The Balaban J connectivity index is 1.69. The van der Waals surface area contributed by atoms with Gasteiger partial charge in [0.15, 0.2) is 0 Å². The van der Waals surface area contributed by atoms with Crippen molar-refractivity contribution >= 4 is 35.6 Å². The first-order valence-corrected chi connectivity index (χ1v) is 16.1. The lowest BCUT2D eigenvalue weighted by Gasteiger charge is -2.31. The molecule has 0 aromatic heterocycles. The molecule has 0 bridgehead atoms. The molecule has 1 saturated heterocycles. The third kappa shape index (κ3) is 11.4. The van der Waals surface area contributed by atoms with Crippen molar-refractivity contribution in [2.75, 3.05) is 13.2 Å². The van der Waals surface area contributed by atoms with E-state index in [0.29, 0.717) is 42.4 Å². The zero-order valence-electron chi connectivity index (χ0n) is 28.1. The molecule has 1 aliphatic rings. The van der Waals surface area contributed by atoms with Crippen molar-refractivity contribution in [3.8, 4) is 5.75 Å². The van der Waals surface area contributed by atoms with Gasteiger partial charge in [0, 0.05) is 37.8 Å². The largest absolute Gasteiger partial charge is 0.493 e. The highest BCUT2D eigenvalue weighted by molar-refractivity contribution is 6.01. The van der Waals surface area contributed by atoms with Gasteiger partial charge in [0.2, 0.25) is 5.91 Å². The number of hydroxylamine groups is 2. The summed E-state index contributed by atoms with van der Waals surface area (Å²) in [5.41, 5.74) is -0.576. The van der Waals surface area contributed by atoms with Gasteiger partial charge in [0.1, 0.15) is 5.75 Å². The zero-order chi connectivity index (χ0) is 34.7. The van der Waals surface area contributed by atoms with E-state index in [1.54, 1.807) is 20.8 Å². The summed E-state index contributed by atoms with van der Waals surface area (Å²) < 4.78 is 6.05. The van der Waals surface area contributed by atoms with Crippen molar-refractivity contribution < 1.29 is 48.6 Å². The van der Waals surface area contributed by atoms with Crippen LogP contribution in [0.1, 0.15) is 150 Å². The number of ether oxygens (including phenoxy) is 1. The van der Waals surface area contributed by atoms with Crippen LogP contribution in [0.3, 0.4) is 0 Å². The maximum absolute atomic E-state index is 12.5. The van der Waals surface area contributed by atoms with Crippen LogP contribution < -0.4 is 10.1 Å². The van der Waals surface area contributed by atoms with E-state index in [1.807, 2.05) is 20.8 Å². The van der Waals surface area contributed by atoms with Gasteiger partial charge < -0.3 is 25.1 Å². The zero-order valence-corrected chi connectivity index (χ0v) is 28.1. The topological polar surface area (TPSA) is 177 Å². The van der Waals surface area contributed by atoms with Crippen LogP contribution in [0.25, 0.3) is 0 Å². The van der Waals surface area contributed by atoms with Crippen LogP contribution in [0.2, 0.25) is 0 Å². The van der Waals surface area contributed by atoms with Gasteiger partial charge in [-0.05, 0) is 41.7 Å². The lowest BCUT2D eigenvalue weighted by Crippen LogP contribution is -2.32. The van der Waals surface area contributed by atoms with Crippen LogP contribution in [-0.4, -0.2) is 64.1 Å². The molecule has 1 aromatic rings. The van der Waals surface area contributed by atoms with Crippen LogP contribution in [0.15, 0.2) is 6.07 Å². The van der Waals surface area contributed by atoms with E-state index >= 15 is 0 Å². The summed E-state index contributed by atoms with van der Waals surface area (Å²) >= 11 is 0. The van der Waals surface area contributed by atoms with Crippen molar-refractivity contribution in [1.29, 1.82) is 0 Å². The van der Waals surface area contributed by atoms with Crippen molar-refractivity contribution in [3.63, 3.8) is 0 Å². The van der Waals surface area contributed by atoms with Gasteiger partial charge in [0.25, 0.3) is 11.8 Å². The molecule has 3 N–H and O–H groups in total. The Labute approximate surface area is 271 Å². The molecule has 0 spiro atoms. The molecular weight excluding hydrogens is 596 g/mol. The molecule has 0 atom stereocenters. The molecule has 1 aromatic carbocycles. The lowest BCUT2D eigenvalue weighted by molar-refractivity contribution is -0.197. The van der Waals surface area contributed by atoms with Gasteiger partial charge in [-0.15, -0.1) is 5.06 Å². The highest BCUT2D eigenvalue weighted by atomic mass is 16.7. The second-order valence-electron chi connectivity index (χ2n) is 13.7. The summed E-state index contributed by atoms with van der Waals surface area (Å²) in [6.45, 7) is 11.7. The molecule has 0 radical (unpaired) electrons. The van der Waals surface area contributed by atoms with Gasteiger partial charge in [-0.3, -0.25) is 14.4 Å². The first-order chi connectivity index (χ1) is 21.4. The number of amides is 3. The van der Waals surface area contributed by atoms with Crippen LogP contribution in [0, 0.1) is 0 Å². The first-order valence-electron chi connectivity index (χ1n) is 16.1. The summed E-state index contributed by atoms with van der Waals surface area (Å²) in [6, 6.07) is 1.47. The Bertz CT molecular complexity index is 1270. The maximum Gasteiger partial charge on any atom is 0.336 e. The van der Waals surface area contributed by atoms with Gasteiger partial charge in [-0.1, -0.05) is 73.6 Å². The number of carbonyl (C=O) groups is 6. The highest BCUT2D eigenvalue weighted by Gasteiger charge is 2.36. The third-order valence-electron chi connectivity index (χ3n) is 7.62. The number of carboxylic acids is 2. The molecule has 1 aliphatic heterocycles. The number of aromatic carboxylic acids is 2. The van der Waals surface area contributed by atoms with E-state index in [0.717, 1.165) is 44.9 Å². The monoisotopic (exact) mass is 646 g/mol. The molecule has 3 amide bonds. The quantitative estimate of drug-likeness (QED) is 0.133. The first kappa shape index (κ1) is 38.2. The SMILES string of the molecule is CC(C)(C)c1c(OCCCCCCCCCC(=O)NCCCC(=O)ON2C(=O)CCC2=O)cc(C(=O)O)c(C(C)(C)C)c1C(=O)O. The minimum absolute atomic E-state index is 0.00122. The van der Waals surface area contributed by atoms with Crippen molar-refractivity contribution in [2.45, 2.75) is 129 Å². The number of benzene rings is 1. The number of carbonyl (C=O) groups excluding carboxylic acids is 4. The van der Waals surface area contributed by atoms with Crippen LogP contribution in [-0.2, 0) is 34.8 Å². The molecule has 256 valence electrons. The smallest absolute Gasteiger partial charge is 0.336 e. The lowest BCUT2D eigenvalue weighted by atomic mass is 9.73. The fourth-order valence-corrected chi connectivity index (χ4v) is 5.49. The second-order valence-corrected chi connectivity index (χ2v) is 13.7. The Morgan fingerprint density at radius 2 is 1.30 bits per heavy atom. The molecule has 0 unspecified atom stereocenters. The standard InChI is InChI=1S/C34H50N2O10/c1-33(2,3)29-22(31(41)42)21-23(30(34(4,5)6)28(29)32(43)44)45-20-13-11-9-7-8-10-12-15-24(37)35-19-14-16-27(40)46-36-25(38)17-18-26(36)39/h21H,7-20H2,1-6H3,(H,35,37)(H,41,42)(H,43,44). The molecule has 12 nitrogen and oxygen atoms in total.